The Bertz CT molecular complexity index is 644. The van der Waals surface area contributed by atoms with Gasteiger partial charge in [0.2, 0.25) is 0 Å². The van der Waals surface area contributed by atoms with E-state index >= 15 is 0 Å². The summed E-state index contributed by atoms with van der Waals surface area (Å²) in [6.07, 6.45) is 1.26. The van der Waals surface area contributed by atoms with Gasteiger partial charge in [-0.15, -0.1) is 0 Å². The number of carbonyl (C=O) groups is 1. The Labute approximate surface area is 105 Å². The van der Waals surface area contributed by atoms with Gasteiger partial charge in [-0.2, -0.15) is 0 Å². The number of ketones is 1. The highest BCUT2D eigenvalue weighted by molar-refractivity contribution is 6.02. The van der Waals surface area contributed by atoms with Crippen LogP contribution in [-0.4, -0.2) is 5.78 Å². The van der Waals surface area contributed by atoms with Gasteiger partial charge < -0.3 is 0 Å². The highest BCUT2D eigenvalue weighted by Gasteiger charge is 2.23. The topological polar surface area (TPSA) is 17.1 Å². The second kappa shape index (κ2) is 4.05. The zero-order chi connectivity index (χ0) is 12.7. The van der Waals surface area contributed by atoms with Crippen LogP contribution in [0.25, 0.3) is 11.1 Å². The number of rotatable bonds is 1. The fourth-order valence-corrected chi connectivity index (χ4v) is 2.59. The molecule has 0 amide bonds. The molecule has 0 radical (unpaired) electrons. The number of hydrogen-bond donors (Lipinski definition) is 0. The van der Waals surface area contributed by atoms with Gasteiger partial charge in [0, 0.05) is 17.5 Å². The lowest BCUT2D eigenvalue weighted by Crippen LogP contribution is -1.94. The predicted molar refractivity (Wildman–Crippen MR) is 69.2 cm³/mol. The fourth-order valence-electron chi connectivity index (χ4n) is 2.59. The number of Topliss-reactive ketones (excluding diaryl/α,β-unsaturated/α-hetero) is 1. The Morgan fingerprint density at radius 3 is 2.61 bits per heavy atom. The van der Waals surface area contributed by atoms with Crippen molar-refractivity contribution >= 4 is 5.78 Å². The van der Waals surface area contributed by atoms with E-state index in [4.69, 9.17) is 0 Å². The van der Waals surface area contributed by atoms with Crippen LogP contribution in [0.2, 0.25) is 0 Å². The number of halogens is 1. The predicted octanol–water partition coefficient (Wildman–Crippen LogP) is 3.93. The molecule has 0 saturated heterocycles. The second-order valence-electron chi connectivity index (χ2n) is 4.74. The first-order chi connectivity index (χ1) is 8.66. The van der Waals surface area contributed by atoms with Gasteiger partial charge in [-0.05, 0) is 36.6 Å². The van der Waals surface area contributed by atoms with Gasteiger partial charge in [0.05, 0.1) is 0 Å². The molecule has 0 fully saturated rings. The van der Waals surface area contributed by atoms with Gasteiger partial charge in [0.25, 0.3) is 0 Å². The zero-order valence-electron chi connectivity index (χ0n) is 10.2. The molecule has 0 aliphatic heterocycles. The highest BCUT2D eigenvalue weighted by Crippen LogP contribution is 2.33. The molecule has 0 atom stereocenters. The summed E-state index contributed by atoms with van der Waals surface area (Å²) in [6.45, 7) is 1.94. The minimum atomic E-state index is -0.228. The van der Waals surface area contributed by atoms with Gasteiger partial charge in [-0.25, -0.2) is 4.39 Å². The number of hydrogen-bond acceptors (Lipinski definition) is 1. The molecular weight excluding hydrogens is 227 g/mol. The maximum absolute atomic E-state index is 13.9. The number of benzene rings is 2. The fraction of sp³-hybridized carbons (Fsp3) is 0.188. The van der Waals surface area contributed by atoms with Crippen LogP contribution in [0.4, 0.5) is 4.39 Å². The quantitative estimate of drug-likeness (QED) is 0.738. The van der Waals surface area contributed by atoms with E-state index < -0.39 is 0 Å². The molecule has 0 N–H and O–H groups in total. The van der Waals surface area contributed by atoms with Gasteiger partial charge in [0.1, 0.15) is 5.82 Å². The SMILES string of the molecule is Cc1ccc(F)c(-c2cccc3c2CCC3=O)c1. The summed E-state index contributed by atoms with van der Waals surface area (Å²) < 4.78 is 13.9. The molecule has 0 saturated carbocycles. The number of carbonyl (C=O) groups excluding carboxylic acids is 1. The van der Waals surface area contributed by atoms with E-state index in [9.17, 15) is 9.18 Å². The summed E-state index contributed by atoms with van der Waals surface area (Å²) in [5.74, 6) is -0.0618. The molecule has 1 nitrogen and oxygen atoms in total. The maximum atomic E-state index is 13.9. The Balaban J connectivity index is 2.25. The molecule has 2 aromatic carbocycles. The lowest BCUT2D eigenvalue weighted by molar-refractivity contribution is 0.0994. The van der Waals surface area contributed by atoms with Crippen molar-refractivity contribution < 1.29 is 9.18 Å². The average molecular weight is 240 g/mol. The van der Waals surface area contributed by atoms with Crippen LogP contribution in [0, 0.1) is 12.7 Å². The van der Waals surface area contributed by atoms with Crippen LogP contribution in [-0.2, 0) is 6.42 Å². The van der Waals surface area contributed by atoms with Crippen molar-refractivity contribution in [3.8, 4) is 11.1 Å². The monoisotopic (exact) mass is 240 g/mol. The summed E-state index contributed by atoms with van der Waals surface area (Å²) in [5, 5.41) is 0. The lowest BCUT2D eigenvalue weighted by atomic mass is 9.95. The first-order valence-electron chi connectivity index (χ1n) is 6.08. The van der Waals surface area contributed by atoms with E-state index in [1.807, 2.05) is 31.2 Å². The second-order valence-corrected chi connectivity index (χ2v) is 4.74. The van der Waals surface area contributed by atoms with E-state index in [-0.39, 0.29) is 11.6 Å². The summed E-state index contributed by atoms with van der Waals surface area (Å²) in [5.41, 5.74) is 4.23. The van der Waals surface area contributed by atoms with Crippen LogP contribution in [0.5, 0.6) is 0 Å². The Morgan fingerprint density at radius 1 is 1.00 bits per heavy atom. The number of aryl methyl sites for hydroxylation is 1. The molecule has 1 aliphatic rings. The molecule has 0 heterocycles. The zero-order valence-corrected chi connectivity index (χ0v) is 10.2. The van der Waals surface area contributed by atoms with Crippen LogP contribution >= 0.6 is 0 Å². The normalized spacial score (nSPS) is 13.8. The minimum absolute atomic E-state index is 0.167. The summed E-state index contributed by atoms with van der Waals surface area (Å²) in [7, 11) is 0. The smallest absolute Gasteiger partial charge is 0.163 e. The van der Waals surface area contributed by atoms with Crippen molar-refractivity contribution in [2.75, 3.05) is 0 Å². The summed E-state index contributed by atoms with van der Waals surface area (Å²) in [6, 6.07) is 10.7. The standard InChI is InChI=1S/C16H13FO/c1-10-5-7-15(17)14(9-10)11-3-2-4-13-12(11)6-8-16(13)18/h2-5,7,9H,6,8H2,1H3. The molecule has 90 valence electrons. The summed E-state index contributed by atoms with van der Waals surface area (Å²) in [4.78, 5) is 11.7. The van der Waals surface area contributed by atoms with Gasteiger partial charge in [-0.3, -0.25) is 4.79 Å². The third-order valence-electron chi connectivity index (χ3n) is 3.49. The van der Waals surface area contributed by atoms with Gasteiger partial charge >= 0.3 is 0 Å². The van der Waals surface area contributed by atoms with Crippen LogP contribution in [0.1, 0.15) is 27.9 Å². The molecule has 18 heavy (non-hydrogen) atoms. The maximum Gasteiger partial charge on any atom is 0.163 e. The molecule has 1 aliphatic carbocycles. The average Bonchev–Trinajstić information content (AvgIpc) is 2.75. The molecule has 0 unspecified atom stereocenters. The lowest BCUT2D eigenvalue weighted by Gasteiger charge is -2.09. The van der Waals surface area contributed by atoms with E-state index in [2.05, 4.69) is 0 Å². The van der Waals surface area contributed by atoms with Crippen LogP contribution in [0.3, 0.4) is 0 Å². The first-order valence-corrected chi connectivity index (χ1v) is 6.08. The van der Waals surface area contributed by atoms with E-state index in [1.54, 1.807) is 6.07 Å². The number of fused-ring (bicyclic) bond motifs is 1. The van der Waals surface area contributed by atoms with Crippen molar-refractivity contribution in [2.45, 2.75) is 19.8 Å². The van der Waals surface area contributed by atoms with E-state index in [0.29, 0.717) is 12.0 Å². The van der Waals surface area contributed by atoms with Crippen molar-refractivity contribution in [3.05, 3.63) is 58.9 Å². The molecule has 3 rings (SSSR count). The van der Waals surface area contributed by atoms with Gasteiger partial charge in [0.15, 0.2) is 5.78 Å². The van der Waals surface area contributed by atoms with E-state index in [1.165, 1.54) is 6.07 Å². The molecule has 2 aromatic rings. The van der Waals surface area contributed by atoms with Crippen molar-refractivity contribution in [2.24, 2.45) is 0 Å². The molecule has 0 bridgehead atoms. The van der Waals surface area contributed by atoms with Crippen LogP contribution in [0.15, 0.2) is 36.4 Å². The Morgan fingerprint density at radius 2 is 1.78 bits per heavy atom. The van der Waals surface area contributed by atoms with Crippen molar-refractivity contribution in [1.82, 2.24) is 0 Å². The summed E-state index contributed by atoms with van der Waals surface area (Å²) >= 11 is 0. The molecule has 0 aromatic heterocycles. The van der Waals surface area contributed by atoms with E-state index in [0.717, 1.165) is 28.7 Å². The molecule has 0 spiro atoms. The molecule has 2 heteroatoms. The third kappa shape index (κ3) is 1.65. The van der Waals surface area contributed by atoms with Crippen molar-refractivity contribution in [1.29, 1.82) is 0 Å². The van der Waals surface area contributed by atoms with Crippen LogP contribution < -0.4 is 0 Å². The molecular formula is C16H13FO. The Hall–Kier alpha value is -1.96. The largest absolute Gasteiger partial charge is 0.294 e. The van der Waals surface area contributed by atoms with Gasteiger partial charge in [-0.1, -0.05) is 29.8 Å². The minimum Gasteiger partial charge on any atom is -0.294 e. The first kappa shape index (κ1) is 11.1. The third-order valence-corrected chi connectivity index (χ3v) is 3.49. The Kier molecular flexibility index (Phi) is 2.51. The van der Waals surface area contributed by atoms with Crippen molar-refractivity contribution in [3.63, 3.8) is 0 Å². The highest BCUT2D eigenvalue weighted by atomic mass is 19.1.